The zero-order valence-corrected chi connectivity index (χ0v) is 9.35. The maximum absolute atomic E-state index is 9.45. The number of phenolic OH excluding ortho intramolecular Hbond substituents is 2. The van der Waals surface area contributed by atoms with Crippen LogP contribution in [0.5, 0.6) is 11.5 Å². The zero-order chi connectivity index (χ0) is 11.7. The van der Waals surface area contributed by atoms with Crippen LogP contribution in [-0.4, -0.2) is 22.3 Å². The average Bonchev–Trinajstić information content (AvgIpc) is 2.20. The predicted octanol–water partition coefficient (Wildman–Crippen LogP) is 1.24. The Hall–Kier alpha value is -1.26. The third-order valence-corrected chi connectivity index (χ3v) is 3.08. The van der Waals surface area contributed by atoms with E-state index < -0.39 is 0 Å². The summed E-state index contributed by atoms with van der Waals surface area (Å²) < 4.78 is 0. The van der Waals surface area contributed by atoms with Gasteiger partial charge in [0.2, 0.25) is 0 Å². The summed E-state index contributed by atoms with van der Waals surface area (Å²) in [5.41, 5.74) is 6.94. The monoisotopic (exact) mass is 222 g/mol. The number of piperidine rings is 1. The van der Waals surface area contributed by atoms with Crippen LogP contribution in [0.25, 0.3) is 0 Å². The van der Waals surface area contributed by atoms with Crippen molar-refractivity contribution >= 4 is 0 Å². The van der Waals surface area contributed by atoms with Gasteiger partial charge in [0.25, 0.3) is 0 Å². The molecular weight excluding hydrogens is 204 g/mol. The molecule has 1 saturated heterocycles. The molecule has 4 nitrogen and oxygen atoms in total. The summed E-state index contributed by atoms with van der Waals surface area (Å²) in [5.74, 6) is -0.164. The van der Waals surface area contributed by atoms with Crippen molar-refractivity contribution < 1.29 is 10.2 Å². The minimum absolute atomic E-state index is 0.0777. The van der Waals surface area contributed by atoms with Gasteiger partial charge in [-0.25, -0.2) is 0 Å². The van der Waals surface area contributed by atoms with Gasteiger partial charge in [-0.15, -0.1) is 0 Å². The lowest BCUT2D eigenvalue weighted by molar-refractivity contribution is 0.306. The van der Waals surface area contributed by atoms with E-state index in [1.807, 2.05) is 6.07 Å². The summed E-state index contributed by atoms with van der Waals surface area (Å²) in [6.07, 6.45) is 1.83. The Morgan fingerprint density at radius 1 is 1.25 bits per heavy atom. The van der Waals surface area contributed by atoms with Crippen LogP contribution in [0.1, 0.15) is 31.4 Å². The molecular formula is C12H18N2O2. The van der Waals surface area contributed by atoms with Crippen LogP contribution in [0.2, 0.25) is 0 Å². The van der Waals surface area contributed by atoms with Gasteiger partial charge in [0.15, 0.2) is 11.5 Å². The molecule has 0 amide bonds. The van der Waals surface area contributed by atoms with Crippen LogP contribution in [0.4, 0.5) is 0 Å². The lowest BCUT2D eigenvalue weighted by atomic mass is 9.91. The molecule has 0 aliphatic carbocycles. The molecule has 0 spiro atoms. The second-order valence-electron chi connectivity index (χ2n) is 4.60. The third-order valence-electron chi connectivity index (χ3n) is 3.08. The summed E-state index contributed by atoms with van der Waals surface area (Å²) in [4.78, 5) is 0. The summed E-state index contributed by atoms with van der Waals surface area (Å²) in [6, 6.07) is 5.65. The summed E-state index contributed by atoms with van der Waals surface area (Å²) >= 11 is 0. The van der Waals surface area contributed by atoms with Crippen LogP contribution in [0.3, 0.4) is 0 Å². The number of phenols is 2. The molecule has 0 aromatic heterocycles. The van der Waals surface area contributed by atoms with Gasteiger partial charge >= 0.3 is 0 Å². The highest BCUT2D eigenvalue weighted by molar-refractivity contribution is 5.41. The van der Waals surface area contributed by atoms with E-state index in [-0.39, 0.29) is 23.6 Å². The van der Waals surface area contributed by atoms with Crippen molar-refractivity contribution in [2.75, 3.05) is 0 Å². The average molecular weight is 222 g/mol. The molecule has 1 aliphatic heterocycles. The first-order valence-corrected chi connectivity index (χ1v) is 5.59. The fourth-order valence-corrected chi connectivity index (χ4v) is 2.32. The number of rotatable bonds is 1. The lowest BCUT2D eigenvalue weighted by Crippen LogP contribution is -2.44. The van der Waals surface area contributed by atoms with Gasteiger partial charge < -0.3 is 21.3 Å². The van der Waals surface area contributed by atoms with E-state index in [1.165, 1.54) is 6.07 Å². The second kappa shape index (κ2) is 4.31. The molecule has 2 rings (SSSR count). The number of aromatic hydroxyl groups is 2. The first kappa shape index (κ1) is 11.2. The van der Waals surface area contributed by atoms with Gasteiger partial charge in [0, 0.05) is 18.1 Å². The number of nitrogens with two attached hydrogens (primary N) is 1. The molecule has 0 radical (unpaired) electrons. The van der Waals surface area contributed by atoms with E-state index in [2.05, 4.69) is 12.2 Å². The molecule has 16 heavy (non-hydrogen) atoms. The summed E-state index contributed by atoms with van der Waals surface area (Å²) in [7, 11) is 0. The van der Waals surface area contributed by atoms with Crippen molar-refractivity contribution in [1.82, 2.24) is 5.32 Å². The van der Waals surface area contributed by atoms with Crippen molar-refractivity contribution in [3.8, 4) is 11.5 Å². The lowest BCUT2D eigenvalue weighted by Gasteiger charge is -2.33. The largest absolute Gasteiger partial charge is 0.504 e. The Kier molecular flexibility index (Phi) is 3.03. The number of hydrogen-bond acceptors (Lipinski definition) is 4. The normalized spacial score (nSPS) is 30.2. The van der Waals surface area contributed by atoms with Crippen LogP contribution in [-0.2, 0) is 0 Å². The molecule has 0 bridgehead atoms. The molecule has 5 N–H and O–H groups in total. The van der Waals surface area contributed by atoms with Crippen molar-refractivity contribution in [2.45, 2.75) is 37.9 Å². The first-order chi connectivity index (χ1) is 7.56. The maximum Gasteiger partial charge on any atom is 0.157 e. The molecule has 1 aromatic rings. The minimum atomic E-state index is -0.0862. The smallest absolute Gasteiger partial charge is 0.157 e. The molecule has 4 heteroatoms. The highest BCUT2D eigenvalue weighted by Crippen LogP contribution is 2.31. The van der Waals surface area contributed by atoms with E-state index in [0.717, 1.165) is 18.4 Å². The van der Waals surface area contributed by atoms with Gasteiger partial charge in [-0.1, -0.05) is 6.07 Å². The standard InChI is InChI=1S/C12H18N2O2/c1-7-4-9(13)6-10(14-7)8-2-3-11(15)12(16)5-8/h2-3,5,7,9-10,14-16H,4,6,13H2,1H3/t7-,9-,10-/m0/s1. The Bertz CT molecular complexity index is 371. The molecule has 1 aromatic carbocycles. The third kappa shape index (κ3) is 2.28. The number of hydrogen-bond donors (Lipinski definition) is 4. The molecule has 1 heterocycles. The van der Waals surface area contributed by atoms with Crippen LogP contribution in [0.15, 0.2) is 18.2 Å². The van der Waals surface area contributed by atoms with Crippen molar-refractivity contribution in [2.24, 2.45) is 5.73 Å². The first-order valence-electron chi connectivity index (χ1n) is 5.59. The highest BCUT2D eigenvalue weighted by atomic mass is 16.3. The topological polar surface area (TPSA) is 78.5 Å². The molecule has 1 fully saturated rings. The van der Waals surface area contributed by atoms with E-state index >= 15 is 0 Å². The van der Waals surface area contributed by atoms with E-state index in [4.69, 9.17) is 5.73 Å². The van der Waals surface area contributed by atoms with Crippen molar-refractivity contribution in [1.29, 1.82) is 0 Å². The fourth-order valence-electron chi connectivity index (χ4n) is 2.32. The second-order valence-corrected chi connectivity index (χ2v) is 4.60. The van der Waals surface area contributed by atoms with Gasteiger partial charge in [-0.2, -0.15) is 0 Å². The van der Waals surface area contributed by atoms with Gasteiger partial charge in [0.1, 0.15) is 0 Å². The summed E-state index contributed by atoms with van der Waals surface area (Å²) in [5, 5.41) is 22.1. The minimum Gasteiger partial charge on any atom is -0.504 e. The Morgan fingerprint density at radius 3 is 2.62 bits per heavy atom. The Labute approximate surface area is 95.1 Å². The van der Waals surface area contributed by atoms with Crippen molar-refractivity contribution in [3.63, 3.8) is 0 Å². The van der Waals surface area contributed by atoms with Crippen LogP contribution < -0.4 is 11.1 Å². The molecule has 0 unspecified atom stereocenters. The van der Waals surface area contributed by atoms with Gasteiger partial charge in [-0.3, -0.25) is 0 Å². The van der Waals surface area contributed by atoms with Gasteiger partial charge in [-0.05, 0) is 37.5 Å². The molecule has 1 aliphatic rings. The summed E-state index contributed by atoms with van der Waals surface area (Å²) in [6.45, 7) is 2.10. The van der Waals surface area contributed by atoms with Crippen molar-refractivity contribution in [3.05, 3.63) is 23.8 Å². The predicted molar refractivity (Wildman–Crippen MR) is 62.3 cm³/mol. The molecule has 3 atom stereocenters. The van der Waals surface area contributed by atoms with Crippen LogP contribution >= 0.6 is 0 Å². The van der Waals surface area contributed by atoms with E-state index in [9.17, 15) is 10.2 Å². The zero-order valence-electron chi connectivity index (χ0n) is 9.35. The van der Waals surface area contributed by atoms with Gasteiger partial charge in [0.05, 0.1) is 0 Å². The Balaban J connectivity index is 2.19. The van der Waals surface area contributed by atoms with E-state index in [1.54, 1.807) is 6.07 Å². The van der Waals surface area contributed by atoms with Crippen LogP contribution in [0, 0.1) is 0 Å². The van der Waals surface area contributed by atoms with E-state index in [0.29, 0.717) is 6.04 Å². The fraction of sp³-hybridized carbons (Fsp3) is 0.500. The highest BCUT2D eigenvalue weighted by Gasteiger charge is 2.24. The molecule has 88 valence electrons. The number of nitrogens with one attached hydrogen (secondary N) is 1. The number of benzene rings is 1. The maximum atomic E-state index is 9.45. The quantitative estimate of drug-likeness (QED) is 0.539. The Morgan fingerprint density at radius 2 is 2.00 bits per heavy atom. The SMILES string of the molecule is C[C@H]1C[C@H](N)C[C@@H](c2ccc(O)c(O)c2)N1. The molecule has 0 saturated carbocycles.